The summed E-state index contributed by atoms with van der Waals surface area (Å²) in [6.45, 7) is 2.11. The number of aromatic nitrogens is 1. The minimum absolute atomic E-state index is 0.175. The first-order chi connectivity index (χ1) is 19.5. The van der Waals surface area contributed by atoms with Gasteiger partial charge in [0.2, 0.25) is 0 Å². The van der Waals surface area contributed by atoms with Gasteiger partial charge < -0.3 is 14.2 Å². The fraction of sp³-hybridized carbons (Fsp3) is 0.156. The topological polar surface area (TPSA) is 79.1 Å². The average Bonchev–Trinajstić information content (AvgIpc) is 3.30. The van der Waals surface area contributed by atoms with Gasteiger partial charge >= 0.3 is 5.97 Å². The SMILES string of the molecule is C#CCOc1ccc(/C=c2/sc3n(c2=O)[C@H](c2cccc(OC)c2)C(C(=O)OCC)=C(c2ccccc2)N=3)cc1. The van der Waals surface area contributed by atoms with E-state index in [1.54, 1.807) is 36.8 Å². The van der Waals surface area contributed by atoms with E-state index in [9.17, 15) is 9.59 Å². The van der Waals surface area contributed by atoms with E-state index in [0.29, 0.717) is 32.1 Å². The number of hydrogen-bond acceptors (Lipinski definition) is 7. The lowest BCUT2D eigenvalue weighted by atomic mass is 9.93. The maximum atomic E-state index is 14.0. The molecule has 5 rings (SSSR count). The standard InChI is InChI=1S/C32H26N2O5S/c1-4-18-39-24-16-14-21(15-17-24)19-26-30(35)34-29(23-12-9-13-25(20-23)37-3)27(31(36)38-5-2)28(33-32(34)40-26)22-10-7-6-8-11-22/h1,6-17,19-20,29H,5,18H2,2-3H3/b26-19+/t29-/m1/s1. The number of esters is 1. The van der Waals surface area contributed by atoms with Gasteiger partial charge in [-0.05, 0) is 48.4 Å². The maximum absolute atomic E-state index is 14.0. The number of thiazole rings is 1. The molecule has 0 radical (unpaired) electrons. The van der Waals surface area contributed by atoms with E-state index < -0.39 is 12.0 Å². The number of rotatable bonds is 8. The van der Waals surface area contributed by atoms with Gasteiger partial charge in [-0.15, -0.1) is 6.42 Å². The zero-order valence-electron chi connectivity index (χ0n) is 22.0. The third-order valence-electron chi connectivity index (χ3n) is 6.28. The van der Waals surface area contributed by atoms with Crippen molar-refractivity contribution in [2.24, 2.45) is 4.99 Å². The van der Waals surface area contributed by atoms with Crippen molar-refractivity contribution in [3.8, 4) is 23.8 Å². The van der Waals surface area contributed by atoms with Crippen molar-refractivity contribution in [3.63, 3.8) is 0 Å². The molecule has 1 aliphatic heterocycles. The van der Waals surface area contributed by atoms with Gasteiger partial charge in [0.25, 0.3) is 5.56 Å². The van der Waals surface area contributed by atoms with Gasteiger partial charge in [-0.3, -0.25) is 9.36 Å². The Bertz CT molecular complexity index is 1790. The molecule has 1 aliphatic rings. The fourth-order valence-electron chi connectivity index (χ4n) is 4.50. The van der Waals surface area contributed by atoms with Gasteiger partial charge in [0.05, 0.1) is 35.6 Å². The van der Waals surface area contributed by atoms with Crippen molar-refractivity contribution >= 4 is 29.1 Å². The molecule has 200 valence electrons. The van der Waals surface area contributed by atoms with Gasteiger partial charge in [0, 0.05) is 5.56 Å². The Morgan fingerprint density at radius 2 is 1.85 bits per heavy atom. The lowest BCUT2D eigenvalue weighted by Crippen LogP contribution is -2.40. The first-order valence-corrected chi connectivity index (χ1v) is 13.4. The van der Waals surface area contributed by atoms with Crippen LogP contribution < -0.4 is 24.4 Å². The summed E-state index contributed by atoms with van der Waals surface area (Å²) in [6.07, 6.45) is 7.07. The number of methoxy groups -OCH3 is 1. The second kappa shape index (κ2) is 11.9. The Hall–Kier alpha value is -4.87. The molecular formula is C32H26N2O5S. The molecule has 0 amide bonds. The molecule has 0 unspecified atom stereocenters. The molecule has 0 saturated carbocycles. The van der Waals surface area contributed by atoms with Gasteiger partial charge in [0.1, 0.15) is 18.1 Å². The average molecular weight is 551 g/mol. The molecular weight excluding hydrogens is 524 g/mol. The summed E-state index contributed by atoms with van der Waals surface area (Å²) in [5.74, 6) is 3.15. The first kappa shape index (κ1) is 26.7. The lowest BCUT2D eigenvalue weighted by molar-refractivity contribution is -0.138. The number of ether oxygens (including phenoxy) is 3. The number of carbonyl (C=O) groups excluding carboxylic acids is 1. The molecule has 8 heteroatoms. The van der Waals surface area contributed by atoms with Gasteiger partial charge in [-0.25, -0.2) is 9.79 Å². The van der Waals surface area contributed by atoms with E-state index in [0.717, 1.165) is 11.1 Å². The quantitative estimate of drug-likeness (QED) is 0.245. The van der Waals surface area contributed by atoms with Crippen molar-refractivity contribution in [1.82, 2.24) is 4.57 Å². The molecule has 1 aromatic heterocycles. The van der Waals surface area contributed by atoms with Crippen LogP contribution in [-0.2, 0) is 9.53 Å². The molecule has 0 saturated heterocycles. The Balaban J connectivity index is 1.75. The van der Waals surface area contributed by atoms with Crippen LogP contribution in [0.4, 0.5) is 0 Å². The summed E-state index contributed by atoms with van der Waals surface area (Å²) in [5, 5.41) is 0. The Kier molecular flexibility index (Phi) is 7.94. The second-order valence-corrected chi connectivity index (χ2v) is 9.78. The molecule has 3 aromatic carbocycles. The van der Waals surface area contributed by atoms with Crippen LogP contribution in [0.25, 0.3) is 11.8 Å². The third-order valence-corrected chi connectivity index (χ3v) is 7.27. The summed E-state index contributed by atoms with van der Waals surface area (Å²) in [4.78, 5) is 32.8. The lowest BCUT2D eigenvalue weighted by Gasteiger charge is -2.26. The maximum Gasteiger partial charge on any atom is 0.338 e. The molecule has 4 aromatic rings. The van der Waals surface area contributed by atoms with Crippen LogP contribution in [0.3, 0.4) is 0 Å². The highest BCUT2D eigenvalue weighted by Gasteiger charge is 2.35. The highest BCUT2D eigenvalue weighted by atomic mass is 32.1. The van der Waals surface area contributed by atoms with Crippen molar-refractivity contribution in [2.45, 2.75) is 13.0 Å². The van der Waals surface area contributed by atoms with Crippen molar-refractivity contribution in [2.75, 3.05) is 20.3 Å². The number of hydrogen-bond donors (Lipinski definition) is 0. The Morgan fingerprint density at radius 3 is 2.55 bits per heavy atom. The van der Waals surface area contributed by atoms with Gasteiger partial charge in [-0.1, -0.05) is 71.9 Å². The van der Waals surface area contributed by atoms with Crippen molar-refractivity contribution in [3.05, 3.63) is 121 Å². The normalized spacial score (nSPS) is 14.6. The van der Waals surface area contributed by atoms with E-state index in [1.807, 2.05) is 66.7 Å². The summed E-state index contributed by atoms with van der Waals surface area (Å²) in [7, 11) is 1.57. The Labute approximate surface area is 235 Å². The summed E-state index contributed by atoms with van der Waals surface area (Å²) in [5.41, 5.74) is 2.75. The van der Waals surface area contributed by atoms with E-state index >= 15 is 0 Å². The minimum atomic E-state index is -0.776. The van der Waals surface area contributed by atoms with Crippen LogP contribution >= 0.6 is 11.3 Å². The first-order valence-electron chi connectivity index (χ1n) is 12.6. The van der Waals surface area contributed by atoms with Crippen LogP contribution in [-0.4, -0.2) is 30.9 Å². The molecule has 0 bridgehead atoms. The number of benzene rings is 3. The predicted octanol–water partition coefficient (Wildman–Crippen LogP) is 3.96. The van der Waals surface area contributed by atoms with Crippen LogP contribution in [0.2, 0.25) is 0 Å². The number of terminal acetylenes is 1. The second-order valence-electron chi connectivity index (χ2n) is 8.77. The van der Waals surface area contributed by atoms with Gasteiger partial charge in [-0.2, -0.15) is 0 Å². The van der Waals surface area contributed by atoms with Crippen LogP contribution in [0.15, 0.2) is 94.2 Å². The number of fused-ring (bicyclic) bond motifs is 1. The molecule has 0 N–H and O–H groups in total. The van der Waals surface area contributed by atoms with Crippen LogP contribution in [0, 0.1) is 12.3 Å². The van der Waals surface area contributed by atoms with E-state index in [1.165, 1.54) is 11.3 Å². The summed E-state index contributed by atoms with van der Waals surface area (Å²) < 4.78 is 18.5. The zero-order chi connectivity index (χ0) is 28.1. The smallest absolute Gasteiger partial charge is 0.338 e. The van der Waals surface area contributed by atoms with Crippen molar-refractivity contribution in [1.29, 1.82) is 0 Å². The largest absolute Gasteiger partial charge is 0.497 e. The summed E-state index contributed by atoms with van der Waals surface area (Å²) >= 11 is 1.26. The monoisotopic (exact) mass is 550 g/mol. The molecule has 40 heavy (non-hydrogen) atoms. The van der Waals surface area contributed by atoms with Crippen LogP contribution in [0.1, 0.15) is 29.7 Å². The van der Waals surface area contributed by atoms with Crippen LogP contribution in [0.5, 0.6) is 11.5 Å². The third kappa shape index (κ3) is 5.33. The predicted molar refractivity (Wildman–Crippen MR) is 155 cm³/mol. The zero-order valence-corrected chi connectivity index (χ0v) is 22.8. The molecule has 0 fully saturated rings. The Morgan fingerprint density at radius 1 is 1.07 bits per heavy atom. The molecule has 1 atom stereocenters. The fourth-order valence-corrected chi connectivity index (χ4v) is 5.50. The van der Waals surface area contributed by atoms with Gasteiger partial charge in [0.15, 0.2) is 4.80 Å². The molecule has 0 aliphatic carbocycles. The summed E-state index contributed by atoms with van der Waals surface area (Å²) in [6, 6.07) is 23.3. The van der Waals surface area contributed by atoms with E-state index in [-0.39, 0.29) is 24.3 Å². The molecule has 2 heterocycles. The highest BCUT2D eigenvalue weighted by molar-refractivity contribution is 7.07. The highest BCUT2D eigenvalue weighted by Crippen LogP contribution is 2.36. The van der Waals surface area contributed by atoms with E-state index in [4.69, 9.17) is 25.6 Å². The van der Waals surface area contributed by atoms with Crippen molar-refractivity contribution < 1.29 is 19.0 Å². The van der Waals surface area contributed by atoms with E-state index in [2.05, 4.69) is 5.92 Å². The number of carbonyl (C=O) groups is 1. The molecule has 7 nitrogen and oxygen atoms in total. The molecule has 0 spiro atoms. The minimum Gasteiger partial charge on any atom is -0.497 e. The number of nitrogens with zero attached hydrogens (tertiary/aromatic N) is 2.